The molecule has 3 nitrogen and oxygen atoms in total. The van der Waals surface area contributed by atoms with Crippen molar-refractivity contribution in [2.24, 2.45) is 0 Å². The van der Waals surface area contributed by atoms with E-state index in [2.05, 4.69) is 17.4 Å². The molecule has 1 N–H and O–H groups in total. The highest BCUT2D eigenvalue weighted by molar-refractivity contribution is 5.27. The van der Waals surface area contributed by atoms with Crippen LogP contribution in [0.25, 0.3) is 0 Å². The van der Waals surface area contributed by atoms with Crippen LogP contribution in [0.2, 0.25) is 0 Å². The summed E-state index contributed by atoms with van der Waals surface area (Å²) < 4.78 is 10.6. The molecular formula is C15H23NO2. The van der Waals surface area contributed by atoms with Gasteiger partial charge in [0.15, 0.2) is 0 Å². The molecule has 18 heavy (non-hydrogen) atoms. The van der Waals surface area contributed by atoms with Crippen LogP contribution in [0.4, 0.5) is 0 Å². The average Bonchev–Trinajstić information content (AvgIpc) is 2.46. The van der Waals surface area contributed by atoms with Gasteiger partial charge in [-0.15, -0.1) is 0 Å². The van der Waals surface area contributed by atoms with Gasteiger partial charge in [0, 0.05) is 19.7 Å². The highest BCUT2D eigenvalue weighted by Gasteiger charge is 2.20. The van der Waals surface area contributed by atoms with Crippen LogP contribution in [0, 0.1) is 0 Å². The van der Waals surface area contributed by atoms with Crippen LogP contribution in [-0.4, -0.2) is 26.4 Å². The Morgan fingerprint density at radius 1 is 1.17 bits per heavy atom. The smallest absolute Gasteiger partial charge is 0.118 e. The highest BCUT2D eigenvalue weighted by Crippen LogP contribution is 2.21. The molecule has 0 aliphatic heterocycles. The maximum atomic E-state index is 5.45. The van der Waals surface area contributed by atoms with Gasteiger partial charge in [-0.2, -0.15) is 0 Å². The van der Waals surface area contributed by atoms with Crippen LogP contribution < -0.4 is 10.1 Å². The highest BCUT2D eigenvalue weighted by atomic mass is 16.5. The molecule has 0 aromatic heterocycles. The zero-order chi connectivity index (χ0) is 12.8. The van der Waals surface area contributed by atoms with Gasteiger partial charge in [-0.05, 0) is 43.4 Å². The van der Waals surface area contributed by atoms with E-state index >= 15 is 0 Å². The van der Waals surface area contributed by atoms with Gasteiger partial charge in [-0.1, -0.05) is 12.1 Å². The van der Waals surface area contributed by atoms with Crippen molar-refractivity contribution in [1.82, 2.24) is 5.32 Å². The Kier molecular flexibility index (Phi) is 5.02. The van der Waals surface area contributed by atoms with Crippen LogP contribution >= 0.6 is 0 Å². The first-order chi connectivity index (χ1) is 8.81. The Labute approximate surface area is 109 Å². The Balaban J connectivity index is 1.79. The second kappa shape index (κ2) is 6.76. The molecule has 2 atom stereocenters. The van der Waals surface area contributed by atoms with Gasteiger partial charge in [-0.3, -0.25) is 0 Å². The zero-order valence-corrected chi connectivity index (χ0v) is 11.3. The molecule has 2 unspecified atom stereocenters. The lowest BCUT2D eigenvalue weighted by Gasteiger charge is -2.29. The predicted octanol–water partition coefficient (Wildman–Crippen LogP) is 2.74. The van der Waals surface area contributed by atoms with Crippen molar-refractivity contribution in [3.05, 3.63) is 29.8 Å². The van der Waals surface area contributed by atoms with Crippen molar-refractivity contribution in [3.8, 4) is 5.75 Å². The fraction of sp³-hybridized carbons (Fsp3) is 0.600. The summed E-state index contributed by atoms with van der Waals surface area (Å²) in [4.78, 5) is 0. The summed E-state index contributed by atoms with van der Waals surface area (Å²) in [6.45, 7) is 0.922. The summed E-state index contributed by atoms with van der Waals surface area (Å²) in [5.74, 6) is 0.913. The minimum Gasteiger partial charge on any atom is -0.497 e. The third-order valence-corrected chi connectivity index (χ3v) is 3.71. The van der Waals surface area contributed by atoms with E-state index < -0.39 is 0 Å². The van der Waals surface area contributed by atoms with Crippen LogP contribution in [-0.2, 0) is 11.3 Å². The van der Waals surface area contributed by atoms with Crippen molar-refractivity contribution in [1.29, 1.82) is 0 Å². The lowest BCUT2D eigenvalue weighted by Crippen LogP contribution is -2.36. The fourth-order valence-corrected chi connectivity index (χ4v) is 2.55. The van der Waals surface area contributed by atoms with Crippen LogP contribution in [0.5, 0.6) is 5.75 Å². The van der Waals surface area contributed by atoms with Gasteiger partial charge >= 0.3 is 0 Å². The SMILES string of the molecule is COc1ccc(CNC2CCCC(OC)C2)cc1. The van der Waals surface area contributed by atoms with Crippen LogP contribution in [0.3, 0.4) is 0 Å². The summed E-state index contributed by atoms with van der Waals surface area (Å²) in [6, 6.07) is 8.84. The van der Waals surface area contributed by atoms with Gasteiger partial charge in [0.1, 0.15) is 5.75 Å². The summed E-state index contributed by atoms with van der Waals surface area (Å²) in [6.07, 6.45) is 5.30. The Morgan fingerprint density at radius 2 is 1.94 bits per heavy atom. The molecule has 1 fully saturated rings. The molecule has 0 radical (unpaired) electrons. The Bertz CT molecular complexity index is 350. The van der Waals surface area contributed by atoms with E-state index in [0.29, 0.717) is 12.1 Å². The van der Waals surface area contributed by atoms with Crippen molar-refractivity contribution in [3.63, 3.8) is 0 Å². The maximum absolute atomic E-state index is 5.45. The van der Waals surface area contributed by atoms with E-state index in [1.807, 2.05) is 19.2 Å². The van der Waals surface area contributed by atoms with Crippen molar-refractivity contribution in [2.45, 2.75) is 44.4 Å². The number of rotatable bonds is 5. The minimum absolute atomic E-state index is 0.437. The van der Waals surface area contributed by atoms with E-state index in [1.165, 1.54) is 24.8 Å². The lowest BCUT2D eigenvalue weighted by molar-refractivity contribution is 0.0586. The molecule has 0 bridgehead atoms. The quantitative estimate of drug-likeness (QED) is 0.870. The topological polar surface area (TPSA) is 30.5 Å². The van der Waals surface area contributed by atoms with Gasteiger partial charge < -0.3 is 14.8 Å². The first kappa shape index (κ1) is 13.4. The van der Waals surface area contributed by atoms with Crippen molar-refractivity contribution >= 4 is 0 Å². The Morgan fingerprint density at radius 3 is 2.61 bits per heavy atom. The number of hydrogen-bond acceptors (Lipinski definition) is 3. The molecule has 0 amide bonds. The minimum atomic E-state index is 0.437. The van der Waals surface area contributed by atoms with E-state index in [4.69, 9.17) is 9.47 Å². The van der Waals surface area contributed by atoms with E-state index in [9.17, 15) is 0 Å². The molecule has 3 heteroatoms. The Hall–Kier alpha value is -1.06. The molecule has 0 heterocycles. The maximum Gasteiger partial charge on any atom is 0.118 e. The summed E-state index contributed by atoms with van der Waals surface area (Å²) in [5, 5.41) is 3.62. The summed E-state index contributed by atoms with van der Waals surface area (Å²) in [5.41, 5.74) is 1.30. The molecule has 1 aliphatic carbocycles. The van der Waals surface area contributed by atoms with E-state index in [1.54, 1.807) is 7.11 Å². The molecule has 0 saturated heterocycles. The van der Waals surface area contributed by atoms with E-state index in [-0.39, 0.29) is 0 Å². The lowest BCUT2D eigenvalue weighted by atomic mass is 9.92. The first-order valence-corrected chi connectivity index (χ1v) is 6.71. The van der Waals surface area contributed by atoms with Crippen molar-refractivity contribution < 1.29 is 9.47 Å². The normalized spacial score (nSPS) is 23.9. The first-order valence-electron chi connectivity index (χ1n) is 6.71. The van der Waals surface area contributed by atoms with E-state index in [0.717, 1.165) is 18.7 Å². The van der Waals surface area contributed by atoms with Crippen LogP contribution in [0.1, 0.15) is 31.2 Å². The number of hydrogen-bond donors (Lipinski definition) is 1. The molecule has 1 saturated carbocycles. The largest absolute Gasteiger partial charge is 0.497 e. The third kappa shape index (κ3) is 3.72. The van der Waals surface area contributed by atoms with Gasteiger partial charge in [0.25, 0.3) is 0 Å². The van der Waals surface area contributed by atoms with Crippen LogP contribution in [0.15, 0.2) is 24.3 Å². The predicted molar refractivity (Wildman–Crippen MR) is 72.9 cm³/mol. The summed E-state index contributed by atoms with van der Waals surface area (Å²) in [7, 11) is 3.51. The number of nitrogens with one attached hydrogen (secondary N) is 1. The molecule has 1 aliphatic rings. The molecule has 1 aromatic rings. The molecule has 2 rings (SSSR count). The third-order valence-electron chi connectivity index (χ3n) is 3.71. The van der Waals surface area contributed by atoms with Gasteiger partial charge in [0.05, 0.1) is 13.2 Å². The second-order valence-electron chi connectivity index (χ2n) is 4.95. The fourth-order valence-electron chi connectivity index (χ4n) is 2.55. The summed E-state index contributed by atoms with van der Waals surface area (Å²) >= 11 is 0. The van der Waals surface area contributed by atoms with Crippen molar-refractivity contribution in [2.75, 3.05) is 14.2 Å². The zero-order valence-electron chi connectivity index (χ0n) is 11.3. The van der Waals surface area contributed by atoms with Gasteiger partial charge in [0.2, 0.25) is 0 Å². The molecule has 100 valence electrons. The monoisotopic (exact) mass is 249 g/mol. The molecule has 1 aromatic carbocycles. The number of ether oxygens (including phenoxy) is 2. The molecular weight excluding hydrogens is 226 g/mol. The molecule has 0 spiro atoms. The second-order valence-corrected chi connectivity index (χ2v) is 4.95. The average molecular weight is 249 g/mol. The number of methoxy groups -OCH3 is 2. The van der Waals surface area contributed by atoms with Gasteiger partial charge in [-0.25, -0.2) is 0 Å². The number of benzene rings is 1. The standard InChI is InChI=1S/C15H23NO2/c1-17-14-8-6-12(7-9-14)11-16-13-4-3-5-15(10-13)18-2/h6-9,13,15-16H,3-5,10-11H2,1-2H3.